The first-order valence-electron chi connectivity index (χ1n) is 6.12. The molecule has 2 aromatic carbocycles. The largest absolute Gasteiger partial charge is 0.452 e. The molecule has 5 heteroatoms. The van der Waals surface area contributed by atoms with Crippen LogP contribution in [0.15, 0.2) is 36.4 Å². The molecule has 0 saturated carbocycles. The van der Waals surface area contributed by atoms with Gasteiger partial charge in [0.05, 0.1) is 5.02 Å². The van der Waals surface area contributed by atoms with E-state index in [0.29, 0.717) is 16.3 Å². The van der Waals surface area contributed by atoms with Gasteiger partial charge in [0.2, 0.25) is 0 Å². The Labute approximate surface area is 127 Å². The molecule has 1 unspecified atom stereocenters. The monoisotopic (exact) mass is 313 g/mol. The molecule has 0 amide bonds. The van der Waals surface area contributed by atoms with Gasteiger partial charge in [-0.05, 0) is 32.2 Å². The fourth-order valence-corrected chi connectivity index (χ4v) is 2.13. The number of ether oxygens (including phenoxy) is 1. The highest BCUT2D eigenvalue weighted by molar-refractivity contribution is 6.42. The van der Waals surface area contributed by atoms with Crippen molar-refractivity contribution in [1.82, 2.24) is 5.32 Å². The Hall–Kier alpha value is -1.29. The average molecular weight is 314 g/mol. The molecule has 2 rings (SSSR count). The molecule has 0 fully saturated rings. The lowest BCUT2D eigenvalue weighted by atomic mass is 10.1. The summed E-state index contributed by atoms with van der Waals surface area (Å²) in [6.07, 6.45) is 0. The molecular formula is C15H14Cl2FNO. The highest BCUT2D eigenvalue weighted by Crippen LogP contribution is 2.38. The number of hydrogen-bond donors (Lipinski definition) is 1. The molecule has 1 N–H and O–H groups in total. The third kappa shape index (κ3) is 3.06. The maximum Gasteiger partial charge on any atom is 0.167 e. The van der Waals surface area contributed by atoms with E-state index in [1.807, 2.05) is 6.92 Å². The summed E-state index contributed by atoms with van der Waals surface area (Å²) in [5.74, 6) is 0.0352. The molecule has 1 atom stereocenters. The van der Waals surface area contributed by atoms with Gasteiger partial charge in [0.15, 0.2) is 11.6 Å². The molecule has 0 aromatic heterocycles. The Morgan fingerprint density at radius 3 is 2.55 bits per heavy atom. The molecule has 0 radical (unpaired) electrons. The number of benzene rings is 2. The lowest BCUT2D eigenvalue weighted by molar-refractivity contribution is 0.428. The maximum absolute atomic E-state index is 14.0. The minimum atomic E-state index is -0.444. The molecule has 0 saturated heterocycles. The smallest absolute Gasteiger partial charge is 0.167 e. The fourth-order valence-electron chi connectivity index (χ4n) is 1.80. The quantitative estimate of drug-likeness (QED) is 0.837. The number of para-hydroxylation sites is 1. The van der Waals surface area contributed by atoms with Crippen LogP contribution >= 0.6 is 23.2 Å². The van der Waals surface area contributed by atoms with Crippen LogP contribution in [0.2, 0.25) is 10.0 Å². The van der Waals surface area contributed by atoms with Crippen molar-refractivity contribution in [3.63, 3.8) is 0 Å². The molecular weight excluding hydrogens is 300 g/mol. The molecule has 0 bridgehead atoms. The highest BCUT2D eigenvalue weighted by atomic mass is 35.5. The predicted octanol–water partition coefficient (Wildman–Crippen LogP) is 5.21. The Bertz CT molecular complexity index is 619. The van der Waals surface area contributed by atoms with Gasteiger partial charge in [0.25, 0.3) is 0 Å². The Kier molecular flexibility index (Phi) is 4.86. The lowest BCUT2D eigenvalue weighted by Gasteiger charge is -2.17. The first-order valence-corrected chi connectivity index (χ1v) is 6.87. The van der Waals surface area contributed by atoms with Crippen LogP contribution < -0.4 is 10.1 Å². The van der Waals surface area contributed by atoms with Crippen molar-refractivity contribution in [3.8, 4) is 11.5 Å². The summed E-state index contributed by atoms with van der Waals surface area (Å²) in [5.41, 5.74) is 0.712. The first kappa shape index (κ1) is 15.1. The number of halogens is 3. The Morgan fingerprint density at radius 1 is 1.15 bits per heavy atom. The molecule has 2 nitrogen and oxygen atoms in total. The van der Waals surface area contributed by atoms with Gasteiger partial charge in [-0.2, -0.15) is 0 Å². The van der Waals surface area contributed by atoms with Crippen molar-refractivity contribution in [1.29, 1.82) is 0 Å². The molecule has 20 heavy (non-hydrogen) atoms. The summed E-state index contributed by atoms with van der Waals surface area (Å²) in [5, 5.41) is 3.68. The number of hydrogen-bond acceptors (Lipinski definition) is 2. The van der Waals surface area contributed by atoms with E-state index in [1.54, 1.807) is 37.4 Å². The van der Waals surface area contributed by atoms with Gasteiger partial charge < -0.3 is 10.1 Å². The van der Waals surface area contributed by atoms with E-state index in [2.05, 4.69) is 5.32 Å². The lowest BCUT2D eigenvalue weighted by Crippen LogP contribution is -2.13. The van der Waals surface area contributed by atoms with E-state index in [-0.39, 0.29) is 16.8 Å². The van der Waals surface area contributed by atoms with Gasteiger partial charge in [-0.25, -0.2) is 4.39 Å². The van der Waals surface area contributed by atoms with Gasteiger partial charge in [0.1, 0.15) is 10.8 Å². The second-order valence-corrected chi connectivity index (χ2v) is 5.11. The predicted molar refractivity (Wildman–Crippen MR) is 80.4 cm³/mol. The number of rotatable bonds is 4. The zero-order valence-electron chi connectivity index (χ0n) is 11.1. The summed E-state index contributed by atoms with van der Waals surface area (Å²) < 4.78 is 19.7. The topological polar surface area (TPSA) is 21.3 Å². The molecule has 106 valence electrons. The van der Waals surface area contributed by atoms with Crippen LogP contribution in [0, 0.1) is 5.82 Å². The molecule has 0 heterocycles. The minimum Gasteiger partial charge on any atom is -0.452 e. The summed E-state index contributed by atoms with van der Waals surface area (Å²) in [6, 6.07) is 9.73. The summed E-state index contributed by atoms with van der Waals surface area (Å²) in [6.45, 7) is 1.92. The van der Waals surface area contributed by atoms with Crippen LogP contribution in [0.4, 0.5) is 4.39 Å². The third-order valence-corrected chi connectivity index (χ3v) is 3.83. The van der Waals surface area contributed by atoms with E-state index in [0.717, 1.165) is 0 Å². The molecule has 2 aromatic rings. The van der Waals surface area contributed by atoms with Crippen molar-refractivity contribution < 1.29 is 9.13 Å². The third-order valence-electron chi connectivity index (χ3n) is 3.03. The maximum atomic E-state index is 14.0. The van der Waals surface area contributed by atoms with Crippen molar-refractivity contribution >= 4 is 23.2 Å². The van der Waals surface area contributed by atoms with Gasteiger partial charge in [-0.15, -0.1) is 0 Å². The summed E-state index contributed by atoms with van der Waals surface area (Å²) >= 11 is 12.0. The van der Waals surface area contributed by atoms with Gasteiger partial charge in [-0.3, -0.25) is 0 Å². The summed E-state index contributed by atoms with van der Waals surface area (Å²) in [4.78, 5) is 0. The van der Waals surface area contributed by atoms with Crippen LogP contribution in [-0.2, 0) is 0 Å². The number of nitrogens with one attached hydrogen (secondary N) is 1. The first-order chi connectivity index (χ1) is 9.54. The van der Waals surface area contributed by atoms with Crippen LogP contribution in [0.1, 0.15) is 18.5 Å². The van der Waals surface area contributed by atoms with Gasteiger partial charge >= 0.3 is 0 Å². The van der Waals surface area contributed by atoms with E-state index < -0.39 is 5.82 Å². The van der Waals surface area contributed by atoms with E-state index in [4.69, 9.17) is 27.9 Å². The van der Waals surface area contributed by atoms with E-state index in [1.165, 1.54) is 6.07 Å². The van der Waals surface area contributed by atoms with Gasteiger partial charge in [0, 0.05) is 11.6 Å². The molecule has 0 aliphatic carbocycles. The molecule has 0 aliphatic rings. The average Bonchev–Trinajstić information content (AvgIpc) is 2.45. The molecule has 0 spiro atoms. The summed E-state index contributed by atoms with van der Waals surface area (Å²) in [7, 11) is 1.80. The molecule has 0 aliphatic heterocycles. The Morgan fingerprint density at radius 2 is 1.85 bits per heavy atom. The van der Waals surface area contributed by atoms with Crippen molar-refractivity contribution in [2.75, 3.05) is 7.05 Å². The SMILES string of the molecule is CNC(C)c1cccc(F)c1Oc1cccc(Cl)c1Cl. The second-order valence-electron chi connectivity index (χ2n) is 4.32. The van der Waals surface area contributed by atoms with Crippen LogP contribution in [0.25, 0.3) is 0 Å². The van der Waals surface area contributed by atoms with E-state index >= 15 is 0 Å². The van der Waals surface area contributed by atoms with Crippen molar-refractivity contribution in [3.05, 3.63) is 57.8 Å². The van der Waals surface area contributed by atoms with Crippen molar-refractivity contribution in [2.24, 2.45) is 0 Å². The standard InChI is InChI=1S/C15H14Cl2FNO/c1-9(19-2)10-5-3-7-12(18)15(10)20-13-8-4-6-11(16)14(13)17/h3-9,19H,1-2H3. The van der Waals surface area contributed by atoms with E-state index in [9.17, 15) is 4.39 Å². The van der Waals surface area contributed by atoms with Crippen LogP contribution in [0.5, 0.6) is 11.5 Å². The highest BCUT2D eigenvalue weighted by Gasteiger charge is 2.17. The second kappa shape index (κ2) is 6.44. The zero-order chi connectivity index (χ0) is 14.7. The van der Waals surface area contributed by atoms with Crippen molar-refractivity contribution in [2.45, 2.75) is 13.0 Å². The minimum absolute atomic E-state index is 0.0568. The normalized spacial score (nSPS) is 12.2. The van der Waals surface area contributed by atoms with Gasteiger partial charge in [-0.1, -0.05) is 41.4 Å². The van der Waals surface area contributed by atoms with Crippen LogP contribution in [0.3, 0.4) is 0 Å². The zero-order valence-corrected chi connectivity index (χ0v) is 12.6. The Balaban J connectivity index is 2.45. The fraction of sp³-hybridized carbons (Fsp3) is 0.200. The van der Waals surface area contributed by atoms with Crippen LogP contribution in [-0.4, -0.2) is 7.05 Å².